The molecular formula is C12H21N5O. The summed E-state index contributed by atoms with van der Waals surface area (Å²) in [6.45, 7) is 6.54. The van der Waals surface area contributed by atoms with Crippen molar-refractivity contribution < 1.29 is 4.79 Å². The summed E-state index contributed by atoms with van der Waals surface area (Å²) in [5.41, 5.74) is 6.01. The predicted octanol–water partition coefficient (Wildman–Crippen LogP) is 0.606. The molecule has 3 N–H and O–H groups in total. The van der Waals surface area contributed by atoms with Crippen molar-refractivity contribution in [3.8, 4) is 0 Å². The van der Waals surface area contributed by atoms with Crippen LogP contribution in [0.3, 0.4) is 0 Å². The Balaban J connectivity index is 2.53. The van der Waals surface area contributed by atoms with Gasteiger partial charge in [0.25, 0.3) is 0 Å². The Labute approximate surface area is 108 Å². The maximum absolute atomic E-state index is 10.9. The van der Waals surface area contributed by atoms with Gasteiger partial charge in [-0.05, 0) is 13.0 Å². The van der Waals surface area contributed by atoms with E-state index >= 15 is 0 Å². The number of hydrogen-bond acceptors (Lipinski definition) is 5. The highest BCUT2D eigenvalue weighted by atomic mass is 16.1. The molecule has 0 bridgehead atoms. The van der Waals surface area contributed by atoms with Crippen molar-refractivity contribution in [2.24, 2.45) is 5.73 Å². The minimum Gasteiger partial charge on any atom is -0.369 e. The number of likely N-dealkylation sites (N-methyl/N-ethyl adjacent to an activating group) is 1. The number of rotatable bonds is 8. The standard InChI is InChI=1S/C12H21N5O/c1-3-5-14-12-7-15-10(6-16-12)8-17(4-2)9-11(13)18/h6-7H,3-5,8-9H2,1-2H3,(H2,13,18)(H,14,16). The highest BCUT2D eigenvalue weighted by Crippen LogP contribution is 2.04. The molecule has 0 atom stereocenters. The Morgan fingerprint density at radius 2 is 2.17 bits per heavy atom. The number of primary amides is 1. The minimum absolute atomic E-state index is 0.244. The summed E-state index contributed by atoms with van der Waals surface area (Å²) < 4.78 is 0. The SMILES string of the molecule is CCCNc1cnc(CN(CC)CC(N)=O)cn1. The average Bonchev–Trinajstić information content (AvgIpc) is 2.36. The smallest absolute Gasteiger partial charge is 0.231 e. The molecule has 18 heavy (non-hydrogen) atoms. The highest BCUT2D eigenvalue weighted by Gasteiger charge is 2.08. The van der Waals surface area contributed by atoms with Crippen LogP contribution in [0.1, 0.15) is 26.0 Å². The summed E-state index contributed by atoms with van der Waals surface area (Å²) in [6, 6.07) is 0. The van der Waals surface area contributed by atoms with Crippen molar-refractivity contribution in [3.63, 3.8) is 0 Å². The van der Waals surface area contributed by atoms with E-state index in [2.05, 4.69) is 22.2 Å². The zero-order valence-corrected chi connectivity index (χ0v) is 11.0. The van der Waals surface area contributed by atoms with Gasteiger partial charge in [-0.2, -0.15) is 0 Å². The van der Waals surface area contributed by atoms with Crippen LogP contribution >= 0.6 is 0 Å². The van der Waals surface area contributed by atoms with Crippen LogP contribution in [0.5, 0.6) is 0 Å². The summed E-state index contributed by atoms with van der Waals surface area (Å²) in [7, 11) is 0. The zero-order chi connectivity index (χ0) is 13.4. The van der Waals surface area contributed by atoms with Crippen molar-refractivity contribution in [2.45, 2.75) is 26.8 Å². The zero-order valence-electron chi connectivity index (χ0n) is 11.0. The number of aromatic nitrogens is 2. The Hall–Kier alpha value is -1.69. The first-order chi connectivity index (χ1) is 8.65. The third-order valence-electron chi connectivity index (χ3n) is 2.47. The van der Waals surface area contributed by atoms with Crippen LogP contribution in [0.25, 0.3) is 0 Å². The number of amides is 1. The Bertz CT molecular complexity index is 365. The molecule has 1 aromatic heterocycles. The van der Waals surface area contributed by atoms with Gasteiger partial charge in [-0.25, -0.2) is 4.98 Å². The first-order valence-corrected chi connectivity index (χ1v) is 6.21. The summed E-state index contributed by atoms with van der Waals surface area (Å²) in [5, 5.41) is 3.16. The molecule has 0 aliphatic carbocycles. The van der Waals surface area contributed by atoms with Crippen molar-refractivity contribution in [1.82, 2.24) is 14.9 Å². The van der Waals surface area contributed by atoms with Gasteiger partial charge in [0.15, 0.2) is 0 Å². The lowest BCUT2D eigenvalue weighted by Crippen LogP contribution is -2.33. The second-order valence-corrected chi connectivity index (χ2v) is 4.09. The lowest BCUT2D eigenvalue weighted by atomic mass is 10.3. The first kappa shape index (κ1) is 14.4. The molecule has 1 amide bonds. The van der Waals surface area contributed by atoms with Gasteiger partial charge in [0.05, 0.1) is 24.6 Å². The van der Waals surface area contributed by atoms with Crippen molar-refractivity contribution >= 4 is 11.7 Å². The number of anilines is 1. The lowest BCUT2D eigenvalue weighted by Gasteiger charge is -2.17. The van der Waals surface area contributed by atoms with Gasteiger partial charge >= 0.3 is 0 Å². The first-order valence-electron chi connectivity index (χ1n) is 6.21. The predicted molar refractivity (Wildman–Crippen MR) is 71.0 cm³/mol. The largest absolute Gasteiger partial charge is 0.369 e. The van der Waals surface area contributed by atoms with E-state index in [0.717, 1.165) is 31.0 Å². The average molecular weight is 251 g/mol. The number of nitrogens with one attached hydrogen (secondary N) is 1. The lowest BCUT2D eigenvalue weighted by molar-refractivity contribution is -0.119. The van der Waals surface area contributed by atoms with Crippen LogP contribution in [0.2, 0.25) is 0 Å². The van der Waals surface area contributed by atoms with Crippen LogP contribution in [-0.4, -0.2) is 40.4 Å². The van der Waals surface area contributed by atoms with Crippen LogP contribution in [0.15, 0.2) is 12.4 Å². The topological polar surface area (TPSA) is 84.1 Å². The fourth-order valence-corrected chi connectivity index (χ4v) is 1.51. The van der Waals surface area contributed by atoms with E-state index < -0.39 is 0 Å². The van der Waals surface area contributed by atoms with Gasteiger partial charge in [0.2, 0.25) is 5.91 Å². The molecular weight excluding hydrogens is 230 g/mol. The summed E-state index contributed by atoms with van der Waals surface area (Å²) >= 11 is 0. The third-order valence-corrected chi connectivity index (χ3v) is 2.47. The summed E-state index contributed by atoms with van der Waals surface area (Å²) in [6.07, 6.45) is 4.48. The molecule has 100 valence electrons. The Morgan fingerprint density at radius 1 is 1.39 bits per heavy atom. The second-order valence-electron chi connectivity index (χ2n) is 4.09. The van der Waals surface area contributed by atoms with Gasteiger partial charge in [0.1, 0.15) is 5.82 Å². The molecule has 0 fully saturated rings. The highest BCUT2D eigenvalue weighted by molar-refractivity contribution is 5.75. The molecule has 0 saturated heterocycles. The van der Waals surface area contributed by atoms with Crippen molar-refractivity contribution in [3.05, 3.63) is 18.1 Å². The van der Waals surface area contributed by atoms with E-state index in [1.54, 1.807) is 12.4 Å². The van der Waals surface area contributed by atoms with E-state index in [9.17, 15) is 4.79 Å². The molecule has 1 heterocycles. The van der Waals surface area contributed by atoms with Gasteiger partial charge in [-0.1, -0.05) is 13.8 Å². The van der Waals surface area contributed by atoms with E-state index in [1.807, 2.05) is 11.8 Å². The molecule has 0 unspecified atom stereocenters. The number of hydrogen-bond donors (Lipinski definition) is 2. The van der Waals surface area contributed by atoms with Crippen molar-refractivity contribution in [1.29, 1.82) is 0 Å². The van der Waals surface area contributed by atoms with Crippen LogP contribution in [0, 0.1) is 0 Å². The molecule has 1 aromatic rings. The van der Waals surface area contributed by atoms with E-state index in [1.165, 1.54) is 0 Å². The number of carbonyl (C=O) groups is 1. The van der Waals surface area contributed by atoms with E-state index in [-0.39, 0.29) is 12.5 Å². The number of nitrogens with two attached hydrogens (primary N) is 1. The Morgan fingerprint density at radius 3 is 2.67 bits per heavy atom. The number of carbonyl (C=O) groups excluding carboxylic acids is 1. The van der Waals surface area contributed by atoms with Gasteiger partial charge in [-0.3, -0.25) is 14.7 Å². The third kappa shape index (κ3) is 5.09. The fraction of sp³-hybridized carbons (Fsp3) is 0.583. The normalized spacial score (nSPS) is 10.6. The van der Waals surface area contributed by atoms with E-state index in [4.69, 9.17) is 5.73 Å². The molecule has 1 rings (SSSR count). The fourth-order valence-electron chi connectivity index (χ4n) is 1.51. The molecule has 0 saturated carbocycles. The summed E-state index contributed by atoms with van der Waals surface area (Å²) in [5.74, 6) is 0.449. The van der Waals surface area contributed by atoms with Crippen LogP contribution in [0.4, 0.5) is 5.82 Å². The molecule has 0 aromatic carbocycles. The molecule has 0 aliphatic rings. The minimum atomic E-state index is -0.328. The number of nitrogens with zero attached hydrogens (tertiary/aromatic N) is 3. The van der Waals surface area contributed by atoms with Crippen LogP contribution in [-0.2, 0) is 11.3 Å². The Kier molecular flexibility index (Phi) is 6.07. The molecule has 0 spiro atoms. The van der Waals surface area contributed by atoms with Gasteiger partial charge in [-0.15, -0.1) is 0 Å². The monoisotopic (exact) mass is 251 g/mol. The quantitative estimate of drug-likeness (QED) is 0.707. The van der Waals surface area contributed by atoms with Crippen molar-refractivity contribution in [2.75, 3.05) is 25.0 Å². The van der Waals surface area contributed by atoms with E-state index in [0.29, 0.717) is 6.54 Å². The second kappa shape index (κ2) is 7.60. The summed E-state index contributed by atoms with van der Waals surface area (Å²) in [4.78, 5) is 21.4. The van der Waals surface area contributed by atoms with Gasteiger partial charge in [0, 0.05) is 13.1 Å². The molecule has 0 radical (unpaired) electrons. The molecule has 6 heteroatoms. The molecule has 6 nitrogen and oxygen atoms in total. The molecule has 0 aliphatic heterocycles. The maximum Gasteiger partial charge on any atom is 0.231 e. The van der Waals surface area contributed by atoms with Crippen LogP contribution < -0.4 is 11.1 Å². The van der Waals surface area contributed by atoms with Gasteiger partial charge < -0.3 is 11.1 Å². The maximum atomic E-state index is 10.9.